The number of rotatable bonds is 9. The summed E-state index contributed by atoms with van der Waals surface area (Å²) >= 11 is 0. The van der Waals surface area contributed by atoms with Gasteiger partial charge in [-0.3, -0.25) is 4.79 Å². The first-order valence-electron chi connectivity index (χ1n) is 9.88. The first-order valence-corrected chi connectivity index (χ1v) is 9.88. The molecule has 1 saturated heterocycles. The highest BCUT2D eigenvalue weighted by Gasteiger charge is 2.19. The lowest BCUT2D eigenvalue weighted by Crippen LogP contribution is -2.29. The molecule has 152 valence electrons. The average molecular weight is 387 g/mol. The maximum atomic E-state index is 12.5. The molecular weight excluding hydrogens is 358 g/mol. The Kier molecular flexibility index (Phi) is 7.39. The molecule has 1 aliphatic rings. The van der Waals surface area contributed by atoms with Gasteiger partial charge in [0.2, 0.25) is 0 Å². The number of hydrogen-bond donors (Lipinski definition) is 2. The van der Waals surface area contributed by atoms with Crippen molar-refractivity contribution in [1.82, 2.24) is 25.6 Å². The Labute approximate surface area is 165 Å². The van der Waals surface area contributed by atoms with Crippen molar-refractivity contribution in [1.29, 1.82) is 0 Å². The van der Waals surface area contributed by atoms with Gasteiger partial charge in [0.25, 0.3) is 5.91 Å². The summed E-state index contributed by atoms with van der Waals surface area (Å²) in [4.78, 5) is 12.5. The van der Waals surface area contributed by atoms with Gasteiger partial charge >= 0.3 is 0 Å². The van der Waals surface area contributed by atoms with Crippen molar-refractivity contribution in [3.63, 3.8) is 0 Å². The molecule has 1 fully saturated rings. The number of amides is 1. The molecule has 1 aromatic heterocycles. The van der Waals surface area contributed by atoms with Gasteiger partial charge in [0.05, 0.1) is 18.8 Å². The molecule has 0 saturated carbocycles. The summed E-state index contributed by atoms with van der Waals surface area (Å²) in [6.45, 7) is 7.93. The van der Waals surface area contributed by atoms with Gasteiger partial charge in [0.15, 0.2) is 5.69 Å². The van der Waals surface area contributed by atoms with Crippen LogP contribution in [0.2, 0.25) is 0 Å². The van der Waals surface area contributed by atoms with E-state index in [1.54, 1.807) is 6.20 Å². The van der Waals surface area contributed by atoms with E-state index in [4.69, 9.17) is 9.47 Å². The van der Waals surface area contributed by atoms with Crippen LogP contribution in [0.1, 0.15) is 47.4 Å². The molecule has 8 nitrogen and oxygen atoms in total. The van der Waals surface area contributed by atoms with Crippen LogP contribution in [0.5, 0.6) is 5.75 Å². The van der Waals surface area contributed by atoms with Crippen LogP contribution in [0.15, 0.2) is 24.4 Å². The highest BCUT2D eigenvalue weighted by molar-refractivity contribution is 5.91. The summed E-state index contributed by atoms with van der Waals surface area (Å²) in [5.41, 5.74) is 2.36. The third kappa shape index (κ3) is 5.53. The van der Waals surface area contributed by atoms with E-state index in [-0.39, 0.29) is 5.91 Å². The number of benzene rings is 1. The summed E-state index contributed by atoms with van der Waals surface area (Å²) in [5, 5.41) is 14.4. The van der Waals surface area contributed by atoms with Crippen LogP contribution in [0.4, 0.5) is 0 Å². The normalized spacial score (nSPS) is 14.8. The molecule has 2 heterocycles. The van der Waals surface area contributed by atoms with Crippen molar-refractivity contribution in [2.45, 2.75) is 39.3 Å². The van der Waals surface area contributed by atoms with Crippen LogP contribution in [-0.4, -0.2) is 53.8 Å². The third-order valence-electron chi connectivity index (χ3n) is 4.78. The highest BCUT2D eigenvalue weighted by atomic mass is 16.5. The number of aromatic nitrogens is 3. The number of ether oxygens (including phenoxy) is 2. The van der Waals surface area contributed by atoms with Gasteiger partial charge in [-0.25, -0.2) is 4.68 Å². The standard InChI is InChI=1S/C20H29N5O3/c1-3-27-10-11-28-19-12-15(2)4-5-16(19)13-22-20(26)18-14-25(24-23-18)17-6-8-21-9-7-17/h4-5,12,14,17,21H,3,6-11,13H2,1-2H3,(H,22,26). The fourth-order valence-corrected chi connectivity index (χ4v) is 3.19. The van der Waals surface area contributed by atoms with E-state index in [2.05, 4.69) is 20.9 Å². The molecule has 0 spiro atoms. The lowest BCUT2D eigenvalue weighted by atomic mass is 10.1. The van der Waals surface area contributed by atoms with Gasteiger partial charge in [-0.05, 0) is 51.4 Å². The van der Waals surface area contributed by atoms with E-state index in [0.29, 0.717) is 38.1 Å². The van der Waals surface area contributed by atoms with Gasteiger partial charge < -0.3 is 20.1 Å². The quantitative estimate of drug-likeness (QED) is 0.639. The minimum absolute atomic E-state index is 0.235. The predicted molar refractivity (Wildman–Crippen MR) is 105 cm³/mol. The van der Waals surface area contributed by atoms with Crippen LogP contribution in [0.25, 0.3) is 0 Å². The molecule has 1 aromatic carbocycles. The molecule has 1 amide bonds. The molecule has 1 aliphatic heterocycles. The van der Waals surface area contributed by atoms with Gasteiger partial charge in [0.1, 0.15) is 12.4 Å². The van der Waals surface area contributed by atoms with Crippen molar-refractivity contribution in [3.05, 3.63) is 41.2 Å². The Morgan fingerprint density at radius 1 is 1.32 bits per heavy atom. The number of carbonyl (C=O) groups excluding carboxylic acids is 1. The Balaban J connectivity index is 1.57. The number of nitrogens with zero attached hydrogens (tertiary/aromatic N) is 3. The van der Waals surface area contributed by atoms with Crippen molar-refractivity contribution in [3.8, 4) is 5.75 Å². The third-order valence-corrected chi connectivity index (χ3v) is 4.78. The van der Waals surface area contributed by atoms with E-state index in [1.165, 1.54) is 0 Å². The molecule has 3 rings (SSSR count). The second kappa shape index (κ2) is 10.2. The zero-order chi connectivity index (χ0) is 19.8. The lowest BCUT2D eigenvalue weighted by Gasteiger charge is -2.22. The van der Waals surface area contributed by atoms with Gasteiger partial charge in [-0.1, -0.05) is 17.3 Å². The van der Waals surface area contributed by atoms with Crippen molar-refractivity contribution in [2.24, 2.45) is 0 Å². The van der Waals surface area contributed by atoms with E-state index < -0.39 is 0 Å². The predicted octanol–water partition coefficient (Wildman–Crippen LogP) is 1.86. The minimum Gasteiger partial charge on any atom is -0.491 e. The number of aryl methyl sites for hydroxylation is 1. The van der Waals surface area contributed by atoms with Gasteiger partial charge in [-0.2, -0.15) is 0 Å². The fraction of sp³-hybridized carbons (Fsp3) is 0.550. The molecule has 2 N–H and O–H groups in total. The second-order valence-corrected chi connectivity index (χ2v) is 6.90. The number of hydrogen-bond acceptors (Lipinski definition) is 6. The van der Waals surface area contributed by atoms with E-state index in [0.717, 1.165) is 42.8 Å². The number of piperidine rings is 1. The first-order chi connectivity index (χ1) is 13.7. The highest BCUT2D eigenvalue weighted by Crippen LogP contribution is 2.21. The first kappa shape index (κ1) is 20.3. The van der Waals surface area contributed by atoms with Gasteiger partial charge in [-0.15, -0.1) is 5.10 Å². The lowest BCUT2D eigenvalue weighted by molar-refractivity contribution is 0.0944. The van der Waals surface area contributed by atoms with Crippen LogP contribution in [0, 0.1) is 6.92 Å². The number of nitrogens with one attached hydrogen (secondary N) is 2. The topological polar surface area (TPSA) is 90.3 Å². The SMILES string of the molecule is CCOCCOc1cc(C)ccc1CNC(=O)c1cn(C2CCNCC2)nn1. The smallest absolute Gasteiger partial charge is 0.273 e. The van der Waals surface area contributed by atoms with E-state index >= 15 is 0 Å². The monoisotopic (exact) mass is 387 g/mol. The second-order valence-electron chi connectivity index (χ2n) is 6.90. The van der Waals surface area contributed by atoms with Crippen molar-refractivity contribution < 1.29 is 14.3 Å². The van der Waals surface area contributed by atoms with E-state index in [9.17, 15) is 4.79 Å². The molecular formula is C20H29N5O3. The van der Waals surface area contributed by atoms with Crippen molar-refractivity contribution in [2.75, 3.05) is 32.9 Å². The van der Waals surface area contributed by atoms with Crippen molar-refractivity contribution >= 4 is 5.91 Å². The number of carbonyl (C=O) groups is 1. The summed E-state index contributed by atoms with van der Waals surface area (Å²) in [6, 6.07) is 6.25. The van der Waals surface area contributed by atoms with Crippen LogP contribution in [0.3, 0.4) is 0 Å². The molecule has 0 atom stereocenters. The largest absolute Gasteiger partial charge is 0.491 e. The Morgan fingerprint density at radius 2 is 2.14 bits per heavy atom. The Morgan fingerprint density at radius 3 is 2.93 bits per heavy atom. The Hall–Kier alpha value is -2.45. The fourth-order valence-electron chi connectivity index (χ4n) is 3.19. The van der Waals surface area contributed by atoms with E-state index in [1.807, 2.05) is 36.7 Å². The molecule has 0 radical (unpaired) electrons. The maximum Gasteiger partial charge on any atom is 0.273 e. The maximum absolute atomic E-state index is 12.5. The zero-order valence-corrected chi connectivity index (χ0v) is 16.6. The van der Waals surface area contributed by atoms with Gasteiger partial charge in [0, 0.05) is 18.7 Å². The summed E-state index contributed by atoms with van der Waals surface area (Å²) in [5.74, 6) is 0.527. The molecule has 2 aromatic rings. The molecule has 0 bridgehead atoms. The summed E-state index contributed by atoms with van der Waals surface area (Å²) in [6.07, 6.45) is 3.73. The molecule has 8 heteroatoms. The van der Waals surface area contributed by atoms with Crippen LogP contribution >= 0.6 is 0 Å². The summed E-state index contributed by atoms with van der Waals surface area (Å²) < 4.78 is 13.0. The van der Waals surface area contributed by atoms with Crippen LogP contribution in [-0.2, 0) is 11.3 Å². The van der Waals surface area contributed by atoms with Crippen LogP contribution < -0.4 is 15.4 Å². The Bertz CT molecular complexity index is 771. The molecule has 0 unspecified atom stereocenters. The molecule has 28 heavy (non-hydrogen) atoms. The average Bonchev–Trinajstić information content (AvgIpc) is 3.21. The molecule has 0 aliphatic carbocycles. The minimum atomic E-state index is -0.235. The zero-order valence-electron chi connectivity index (χ0n) is 16.6. The summed E-state index contributed by atoms with van der Waals surface area (Å²) in [7, 11) is 0.